The first-order valence-corrected chi connectivity index (χ1v) is 6.09. The molecule has 2 aliphatic rings. The van der Waals surface area contributed by atoms with Crippen LogP contribution in [-0.2, 0) is 14.4 Å². The van der Waals surface area contributed by atoms with Crippen LogP contribution in [0, 0.1) is 23.2 Å². The number of nitrogens with two attached hydrogens (primary N) is 1. The predicted octanol–water partition coefficient (Wildman–Crippen LogP) is 0.526. The zero-order valence-corrected chi connectivity index (χ0v) is 11.6. The van der Waals surface area contributed by atoms with Gasteiger partial charge in [-0.3, -0.25) is 14.4 Å². The van der Waals surface area contributed by atoms with Crippen molar-refractivity contribution in [3.8, 4) is 0 Å². The summed E-state index contributed by atoms with van der Waals surface area (Å²) in [6.07, 6.45) is 0.617. The zero-order valence-electron chi connectivity index (χ0n) is 10.8. The number of carboxylic acid groups (broad SMARTS) is 2. The number of hydrogen-bond donors (Lipinski definition) is 3. The first kappa shape index (κ1) is 15.9. The van der Waals surface area contributed by atoms with Crippen LogP contribution in [0.1, 0.15) is 26.7 Å². The fourth-order valence-electron chi connectivity index (χ4n) is 4.10. The lowest BCUT2D eigenvalue weighted by Gasteiger charge is -2.35. The highest BCUT2D eigenvalue weighted by atomic mass is 35.5. The van der Waals surface area contributed by atoms with E-state index in [0.717, 1.165) is 0 Å². The summed E-state index contributed by atoms with van der Waals surface area (Å²) < 4.78 is 0. The third-order valence-electron chi connectivity index (χ3n) is 4.92. The summed E-state index contributed by atoms with van der Waals surface area (Å²) in [6, 6.07) is 0. The van der Waals surface area contributed by atoms with Crippen LogP contribution in [0.3, 0.4) is 0 Å². The van der Waals surface area contributed by atoms with Crippen molar-refractivity contribution in [1.82, 2.24) is 0 Å². The van der Waals surface area contributed by atoms with Gasteiger partial charge >= 0.3 is 11.9 Å². The van der Waals surface area contributed by atoms with Crippen LogP contribution in [-0.4, -0.2) is 33.5 Å². The number of aliphatic carboxylic acids is 2. The monoisotopic (exact) mass is 291 g/mol. The van der Waals surface area contributed by atoms with E-state index >= 15 is 0 Å². The van der Waals surface area contributed by atoms with E-state index in [2.05, 4.69) is 0 Å². The van der Waals surface area contributed by atoms with E-state index in [9.17, 15) is 19.5 Å². The van der Waals surface area contributed by atoms with E-state index < -0.39 is 40.6 Å². The molecule has 4 N–H and O–H groups in total. The highest BCUT2D eigenvalue weighted by molar-refractivity contribution is 6.06. The summed E-state index contributed by atoms with van der Waals surface area (Å²) in [7, 11) is 0. The van der Waals surface area contributed by atoms with E-state index in [1.165, 1.54) is 0 Å². The van der Waals surface area contributed by atoms with Crippen molar-refractivity contribution in [3.05, 3.63) is 0 Å². The van der Waals surface area contributed by atoms with Gasteiger partial charge in [0.1, 0.15) is 11.3 Å². The Hall–Kier alpha value is -1.14. The molecule has 2 saturated carbocycles. The van der Waals surface area contributed by atoms with Crippen LogP contribution < -0.4 is 5.73 Å². The Kier molecular flexibility index (Phi) is 3.73. The molecular formula is C12H18ClNO5. The Labute approximate surface area is 116 Å². The lowest BCUT2D eigenvalue weighted by molar-refractivity contribution is -0.152. The Morgan fingerprint density at radius 1 is 1.32 bits per heavy atom. The largest absolute Gasteiger partial charge is 0.481 e. The molecule has 5 atom stereocenters. The number of Topliss-reactive ketones (excluding diaryl/α,β-unsaturated/α-hetero) is 1. The van der Waals surface area contributed by atoms with E-state index in [1.54, 1.807) is 13.8 Å². The maximum Gasteiger partial charge on any atom is 0.325 e. The Balaban J connectivity index is 0.00000180. The fourth-order valence-corrected chi connectivity index (χ4v) is 4.10. The molecule has 7 heteroatoms. The summed E-state index contributed by atoms with van der Waals surface area (Å²) in [4.78, 5) is 34.9. The van der Waals surface area contributed by atoms with Crippen LogP contribution >= 0.6 is 12.4 Å². The van der Waals surface area contributed by atoms with Crippen molar-refractivity contribution in [2.75, 3.05) is 0 Å². The van der Waals surface area contributed by atoms with Gasteiger partial charge in [0.2, 0.25) is 0 Å². The number of fused-ring (bicyclic) bond motifs is 1. The maximum absolute atomic E-state index is 12.2. The standard InChI is InChI=1S/C12H17NO5.ClH/c1-3-5-8(14)6-7(9(15)16)11(6,4-2)12(5,13)10(17)18;/h5-7H,3-4,13H2,1-2H3,(H,15,16)(H,17,18);1H/t5?,6-,7-,11-,12+;/m0./s1. The molecule has 19 heavy (non-hydrogen) atoms. The van der Waals surface area contributed by atoms with Crippen LogP contribution in [0.5, 0.6) is 0 Å². The van der Waals surface area contributed by atoms with Gasteiger partial charge < -0.3 is 15.9 Å². The van der Waals surface area contributed by atoms with Gasteiger partial charge in [-0.1, -0.05) is 13.8 Å². The molecule has 0 aromatic heterocycles. The van der Waals surface area contributed by atoms with Crippen molar-refractivity contribution in [2.24, 2.45) is 28.9 Å². The average molecular weight is 292 g/mol. The van der Waals surface area contributed by atoms with Gasteiger partial charge in [-0.2, -0.15) is 0 Å². The second-order valence-corrected chi connectivity index (χ2v) is 5.22. The minimum Gasteiger partial charge on any atom is -0.481 e. The highest BCUT2D eigenvalue weighted by Crippen LogP contribution is 2.73. The van der Waals surface area contributed by atoms with Crippen LogP contribution in [0.25, 0.3) is 0 Å². The molecule has 108 valence electrons. The number of rotatable bonds is 4. The van der Waals surface area contributed by atoms with E-state index in [4.69, 9.17) is 10.8 Å². The number of halogens is 1. The van der Waals surface area contributed by atoms with Crippen molar-refractivity contribution < 1.29 is 24.6 Å². The molecule has 0 heterocycles. The molecular weight excluding hydrogens is 274 g/mol. The lowest BCUT2D eigenvalue weighted by atomic mass is 9.71. The average Bonchev–Trinajstić information content (AvgIpc) is 2.94. The van der Waals surface area contributed by atoms with Crippen molar-refractivity contribution in [3.63, 3.8) is 0 Å². The van der Waals surface area contributed by atoms with Crippen molar-refractivity contribution >= 4 is 30.1 Å². The zero-order chi connectivity index (χ0) is 13.9. The normalized spacial score (nSPS) is 43.3. The third-order valence-corrected chi connectivity index (χ3v) is 4.92. The van der Waals surface area contributed by atoms with Crippen LogP contribution in [0.4, 0.5) is 0 Å². The van der Waals surface area contributed by atoms with Crippen molar-refractivity contribution in [1.29, 1.82) is 0 Å². The minimum atomic E-state index is -1.75. The molecule has 6 nitrogen and oxygen atoms in total. The van der Waals surface area contributed by atoms with Gasteiger partial charge in [-0.25, -0.2) is 0 Å². The lowest BCUT2D eigenvalue weighted by Crippen LogP contribution is -2.60. The van der Waals surface area contributed by atoms with Gasteiger partial charge in [0.05, 0.1) is 5.92 Å². The van der Waals surface area contributed by atoms with Gasteiger partial charge in [0, 0.05) is 17.3 Å². The molecule has 0 aromatic carbocycles. The maximum atomic E-state index is 12.2. The minimum absolute atomic E-state index is 0. The fraction of sp³-hybridized carbons (Fsp3) is 0.750. The molecule has 0 amide bonds. The molecule has 1 unspecified atom stereocenters. The van der Waals surface area contributed by atoms with Crippen LogP contribution in [0.15, 0.2) is 0 Å². The molecule has 0 radical (unpaired) electrons. The highest BCUT2D eigenvalue weighted by Gasteiger charge is 2.86. The molecule has 0 spiro atoms. The summed E-state index contributed by atoms with van der Waals surface area (Å²) >= 11 is 0. The number of ketones is 1. The summed E-state index contributed by atoms with van der Waals surface area (Å²) in [6.45, 7) is 3.41. The van der Waals surface area contributed by atoms with E-state index in [0.29, 0.717) is 12.8 Å². The van der Waals surface area contributed by atoms with E-state index in [-0.39, 0.29) is 18.2 Å². The van der Waals surface area contributed by atoms with Gasteiger partial charge in [0.25, 0.3) is 0 Å². The topological polar surface area (TPSA) is 118 Å². The van der Waals surface area contributed by atoms with Crippen LogP contribution in [0.2, 0.25) is 0 Å². The molecule has 0 bridgehead atoms. The summed E-state index contributed by atoms with van der Waals surface area (Å²) in [5, 5.41) is 18.6. The third kappa shape index (κ3) is 1.44. The molecule has 0 aromatic rings. The number of carbonyl (C=O) groups excluding carboxylic acids is 1. The number of carboxylic acids is 2. The number of hydrogen-bond acceptors (Lipinski definition) is 4. The molecule has 2 rings (SSSR count). The smallest absolute Gasteiger partial charge is 0.325 e. The number of carbonyl (C=O) groups is 3. The summed E-state index contributed by atoms with van der Waals surface area (Å²) in [5.41, 5.74) is 3.16. The van der Waals surface area contributed by atoms with Gasteiger partial charge in [-0.15, -0.1) is 12.4 Å². The Morgan fingerprint density at radius 3 is 2.16 bits per heavy atom. The van der Waals surface area contributed by atoms with Gasteiger partial charge in [0.15, 0.2) is 0 Å². The van der Waals surface area contributed by atoms with E-state index in [1.807, 2.05) is 0 Å². The molecule has 0 saturated heterocycles. The predicted molar refractivity (Wildman–Crippen MR) is 67.9 cm³/mol. The Morgan fingerprint density at radius 2 is 1.84 bits per heavy atom. The first-order valence-electron chi connectivity index (χ1n) is 6.09. The molecule has 0 aliphatic heterocycles. The summed E-state index contributed by atoms with van der Waals surface area (Å²) in [5.74, 6) is -5.14. The molecule has 2 fully saturated rings. The SMILES string of the molecule is CCC1C(=O)[C@@H]2[C@@H](C(=O)O)[C@@]2(CC)[C@]1(N)C(=O)O.Cl. The second kappa shape index (κ2) is 4.45. The molecule has 2 aliphatic carbocycles. The Bertz CT molecular complexity index is 453. The quantitative estimate of drug-likeness (QED) is 0.695. The van der Waals surface area contributed by atoms with Gasteiger partial charge in [-0.05, 0) is 12.8 Å². The van der Waals surface area contributed by atoms with Crippen molar-refractivity contribution in [2.45, 2.75) is 32.2 Å². The first-order chi connectivity index (χ1) is 8.30. The second-order valence-electron chi connectivity index (χ2n) is 5.22.